The minimum Gasteiger partial charge on any atom is -0.392 e. The lowest BCUT2D eigenvalue weighted by Crippen LogP contribution is -2.38. The molecule has 0 radical (unpaired) electrons. The molecule has 1 unspecified atom stereocenters. The molecule has 0 saturated heterocycles. The van der Waals surface area contributed by atoms with Crippen molar-refractivity contribution in [3.05, 3.63) is 70.0 Å². The maximum atomic E-state index is 13.5. The molecule has 0 amide bonds. The van der Waals surface area contributed by atoms with Gasteiger partial charge in [0.15, 0.2) is 5.96 Å². The molecular weight excluding hydrogens is 468 g/mol. The molecular formula is C22H29FIN3O. The predicted molar refractivity (Wildman–Crippen MR) is 123 cm³/mol. The van der Waals surface area contributed by atoms with Crippen LogP contribution in [-0.4, -0.2) is 18.1 Å². The summed E-state index contributed by atoms with van der Waals surface area (Å²) in [6, 6.07) is 11.7. The molecule has 28 heavy (non-hydrogen) atoms. The number of nitrogens with one attached hydrogen (secondary N) is 2. The lowest BCUT2D eigenvalue weighted by molar-refractivity contribution is 0.275. The highest BCUT2D eigenvalue weighted by Crippen LogP contribution is 2.24. The summed E-state index contributed by atoms with van der Waals surface area (Å²) in [5, 5.41) is 15.9. The minimum atomic E-state index is -0.384. The molecule has 2 aromatic rings. The van der Waals surface area contributed by atoms with E-state index in [1.54, 1.807) is 19.2 Å². The van der Waals surface area contributed by atoms with Crippen LogP contribution in [0.5, 0.6) is 0 Å². The molecule has 3 N–H and O–H groups in total. The van der Waals surface area contributed by atoms with Gasteiger partial charge in [-0.2, -0.15) is 0 Å². The number of aliphatic hydroxyl groups is 1. The number of aliphatic hydroxyl groups excluding tert-OH is 1. The van der Waals surface area contributed by atoms with Crippen molar-refractivity contribution in [3.8, 4) is 0 Å². The number of guanidine groups is 1. The van der Waals surface area contributed by atoms with Crippen LogP contribution in [0.3, 0.4) is 0 Å². The Balaban J connectivity index is 0.00000280. The molecule has 2 aromatic carbocycles. The molecule has 0 heterocycles. The summed E-state index contributed by atoms with van der Waals surface area (Å²) in [7, 11) is 1.73. The van der Waals surface area contributed by atoms with Gasteiger partial charge in [0.2, 0.25) is 0 Å². The van der Waals surface area contributed by atoms with E-state index in [9.17, 15) is 9.50 Å². The Labute approximate surface area is 183 Å². The van der Waals surface area contributed by atoms with Crippen molar-refractivity contribution in [2.24, 2.45) is 4.99 Å². The number of fused-ring (bicyclic) bond motifs is 1. The van der Waals surface area contributed by atoms with E-state index < -0.39 is 0 Å². The van der Waals surface area contributed by atoms with Gasteiger partial charge in [-0.25, -0.2) is 4.39 Å². The largest absolute Gasteiger partial charge is 0.392 e. The molecule has 0 fully saturated rings. The van der Waals surface area contributed by atoms with Crippen LogP contribution in [0.1, 0.15) is 53.6 Å². The first-order chi connectivity index (χ1) is 13.1. The summed E-state index contributed by atoms with van der Waals surface area (Å²) in [5.41, 5.74) is 5.40. The monoisotopic (exact) mass is 497 g/mol. The first-order valence-corrected chi connectivity index (χ1v) is 9.57. The number of rotatable bonds is 5. The van der Waals surface area contributed by atoms with Crippen LogP contribution >= 0.6 is 24.0 Å². The molecule has 1 aliphatic rings. The van der Waals surface area contributed by atoms with Crippen molar-refractivity contribution in [2.45, 2.75) is 51.8 Å². The Morgan fingerprint density at radius 3 is 2.61 bits per heavy atom. The molecule has 1 atom stereocenters. The summed E-state index contributed by atoms with van der Waals surface area (Å²) in [5.74, 6) is 0.305. The Bertz CT molecular complexity index is 825. The van der Waals surface area contributed by atoms with E-state index in [1.165, 1.54) is 48.4 Å². The van der Waals surface area contributed by atoms with Crippen LogP contribution in [0.25, 0.3) is 0 Å². The van der Waals surface area contributed by atoms with Crippen molar-refractivity contribution >= 4 is 29.9 Å². The first kappa shape index (κ1) is 22.6. The van der Waals surface area contributed by atoms with Crippen LogP contribution in [0, 0.1) is 5.82 Å². The van der Waals surface area contributed by atoms with Crippen molar-refractivity contribution < 1.29 is 9.50 Å². The van der Waals surface area contributed by atoms with Crippen LogP contribution < -0.4 is 10.6 Å². The van der Waals surface area contributed by atoms with Crippen molar-refractivity contribution in [3.63, 3.8) is 0 Å². The second-order valence-electron chi connectivity index (χ2n) is 7.11. The van der Waals surface area contributed by atoms with Crippen LogP contribution in [0.15, 0.2) is 41.4 Å². The van der Waals surface area contributed by atoms with Crippen molar-refractivity contribution in [2.75, 3.05) is 7.05 Å². The summed E-state index contributed by atoms with van der Waals surface area (Å²) < 4.78 is 13.5. The van der Waals surface area contributed by atoms with Gasteiger partial charge in [-0.15, -0.1) is 24.0 Å². The summed E-state index contributed by atoms with van der Waals surface area (Å²) >= 11 is 0. The van der Waals surface area contributed by atoms with Gasteiger partial charge < -0.3 is 15.7 Å². The second kappa shape index (κ2) is 10.8. The average molecular weight is 497 g/mol. The third-order valence-corrected chi connectivity index (χ3v) is 5.19. The molecule has 4 nitrogen and oxygen atoms in total. The molecule has 0 saturated carbocycles. The summed E-state index contributed by atoms with van der Waals surface area (Å²) in [6.45, 7) is 2.32. The highest BCUT2D eigenvalue weighted by Gasteiger charge is 2.13. The predicted octanol–water partition coefficient (Wildman–Crippen LogP) is 4.24. The van der Waals surface area contributed by atoms with Gasteiger partial charge in [0, 0.05) is 19.2 Å². The average Bonchev–Trinajstić information content (AvgIpc) is 2.71. The van der Waals surface area contributed by atoms with Crippen LogP contribution in [0.4, 0.5) is 4.39 Å². The van der Waals surface area contributed by atoms with E-state index in [0.717, 1.165) is 5.56 Å². The number of nitrogens with zero attached hydrogens (tertiary/aromatic N) is 1. The number of hydrogen-bond donors (Lipinski definition) is 3. The third-order valence-electron chi connectivity index (χ3n) is 5.19. The van der Waals surface area contributed by atoms with Crippen molar-refractivity contribution in [1.82, 2.24) is 10.6 Å². The Morgan fingerprint density at radius 2 is 1.89 bits per heavy atom. The van der Waals surface area contributed by atoms with Gasteiger partial charge in [0.05, 0.1) is 12.6 Å². The Kier molecular flexibility index (Phi) is 8.69. The molecule has 6 heteroatoms. The summed E-state index contributed by atoms with van der Waals surface area (Å²) in [6.07, 6.45) is 4.92. The van der Waals surface area contributed by atoms with Gasteiger partial charge in [0.25, 0.3) is 0 Å². The number of aliphatic imine (C=N–C) groups is 1. The van der Waals surface area contributed by atoms with Gasteiger partial charge in [-0.05, 0) is 67.0 Å². The van der Waals surface area contributed by atoms with E-state index in [0.29, 0.717) is 18.1 Å². The van der Waals surface area contributed by atoms with E-state index in [-0.39, 0.29) is 42.4 Å². The molecule has 152 valence electrons. The fourth-order valence-corrected chi connectivity index (χ4v) is 3.55. The quantitative estimate of drug-likeness (QED) is 0.329. The van der Waals surface area contributed by atoms with Gasteiger partial charge in [-0.3, -0.25) is 4.99 Å². The van der Waals surface area contributed by atoms with Crippen LogP contribution in [0.2, 0.25) is 0 Å². The minimum absolute atomic E-state index is 0. The smallest absolute Gasteiger partial charge is 0.191 e. The van der Waals surface area contributed by atoms with E-state index in [4.69, 9.17) is 0 Å². The van der Waals surface area contributed by atoms with E-state index in [1.807, 2.05) is 0 Å². The third kappa shape index (κ3) is 5.67. The number of hydrogen-bond acceptors (Lipinski definition) is 2. The molecule has 0 bridgehead atoms. The molecule has 0 spiro atoms. The number of aryl methyl sites for hydroxylation is 2. The maximum Gasteiger partial charge on any atom is 0.191 e. The molecule has 3 rings (SSSR count). The molecule has 0 aliphatic heterocycles. The zero-order valence-electron chi connectivity index (χ0n) is 16.5. The lowest BCUT2D eigenvalue weighted by atomic mass is 9.89. The summed E-state index contributed by atoms with van der Waals surface area (Å²) in [4.78, 5) is 4.29. The second-order valence-corrected chi connectivity index (χ2v) is 7.11. The van der Waals surface area contributed by atoms with Gasteiger partial charge in [-0.1, -0.05) is 24.3 Å². The van der Waals surface area contributed by atoms with Crippen LogP contribution in [-0.2, 0) is 26.0 Å². The topological polar surface area (TPSA) is 56.7 Å². The van der Waals surface area contributed by atoms with E-state index in [2.05, 4.69) is 40.7 Å². The van der Waals surface area contributed by atoms with Gasteiger partial charge in [0.1, 0.15) is 5.82 Å². The Hall–Kier alpha value is -1.67. The normalized spacial score (nSPS) is 14.6. The number of benzene rings is 2. The molecule has 1 aliphatic carbocycles. The fourth-order valence-electron chi connectivity index (χ4n) is 3.55. The maximum absolute atomic E-state index is 13.5. The lowest BCUT2D eigenvalue weighted by Gasteiger charge is -2.21. The fraction of sp³-hybridized carbons (Fsp3) is 0.409. The molecule has 0 aromatic heterocycles. The number of halogens is 2. The zero-order chi connectivity index (χ0) is 19.2. The van der Waals surface area contributed by atoms with E-state index >= 15 is 0 Å². The van der Waals surface area contributed by atoms with Gasteiger partial charge >= 0.3 is 0 Å². The SMILES string of the molecule is CN=C(NCc1ccc(F)c(CO)c1)NC(C)c1ccc2c(c1)CCCC2.I. The van der Waals surface area contributed by atoms with Crippen molar-refractivity contribution in [1.29, 1.82) is 0 Å². The highest BCUT2D eigenvalue weighted by molar-refractivity contribution is 14.0. The first-order valence-electron chi connectivity index (χ1n) is 9.57. The Morgan fingerprint density at radius 1 is 1.14 bits per heavy atom. The highest BCUT2D eigenvalue weighted by atomic mass is 127. The zero-order valence-corrected chi connectivity index (χ0v) is 18.8. The standard InChI is InChI=1S/C22H28FN3O.HI/c1-15(18-9-8-17-5-3-4-6-19(17)12-18)26-22(24-2)25-13-16-7-10-21(23)20(11-16)14-27;/h7-12,15,27H,3-6,13-14H2,1-2H3,(H2,24,25,26);1H.